The van der Waals surface area contributed by atoms with E-state index in [2.05, 4.69) is 10.2 Å². The second-order valence-corrected chi connectivity index (χ2v) is 5.56. The molecule has 0 unspecified atom stereocenters. The molecule has 0 bridgehead atoms. The molecule has 0 saturated carbocycles. The minimum absolute atomic E-state index is 0.264. The molecule has 1 saturated heterocycles. The van der Waals surface area contributed by atoms with Gasteiger partial charge in [0, 0.05) is 24.7 Å². The molecular weight excluding hydrogens is 291 g/mol. The molecule has 2 aromatic carbocycles. The predicted octanol–water partition coefficient (Wildman–Crippen LogP) is 4.08. The molecule has 1 amide bonds. The highest BCUT2D eigenvalue weighted by Crippen LogP contribution is 2.28. The number of amides is 1. The van der Waals surface area contributed by atoms with Crippen molar-refractivity contribution in [1.29, 1.82) is 0 Å². The Balaban J connectivity index is 1.72. The normalized spacial score (nSPS) is 14.4. The zero-order valence-corrected chi connectivity index (χ0v) is 12.8. The quantitative estimate of drug-likeness (QED) is 0.863. The van der Waals surface area contributed by atoms with Gasteiger partial charge in [0.2, 0.25) is 5.91 Å². The van der Waals surface area contributed by atoms with Gasteiger partial charge in [-0.2, -0.15) is 0 Å². The zero-order chi connectivity index (χ0) is 16.1. The molecule has 23 heavy (non-hydrogen) atoms. The lowest BCUT2D eigenvalue weighted by molar-refractivity contribution is -0.111. The van der Waals surface area contributed by atoms with E-state index >= 15 is 0 Å². The van der Waals surface area contributed by atoms with E-state index in [1.807, 2.05) is 24.3 Å². The van der Waals surface area contributed by atoms with Crippen LogP contribution in [0.2, 0.25) is 0 Å². The predicted molar refractivity (Wildman–Crippen MR) is 92.0 cm³/mol. The molecule has 1 aliphatic heterocycles. The van der Waals surface area contributed by atoms with Crippen molar-refractivity contribution in [1.82, 2.24) is 0 Å². The number of para-hydroxylation sites is 2. The van der Waals surface area contributed by atoms with Crippen molar-refractivity contribution in [2.75, 3.05) is 23.3 Å². The molecule has 0 aromatic heterocycles. The SMILES string of the molecule is O=C(/C=C/c1ccccc1F)Nc1ccccc1N1CCCC1. The minimum Gasteiger partial charge on any atom is -0.370 e. The highest BCUT2D eigenvalue weighted by molar-refractivity contribution is 6.03. The molecule has 1 heterocycles. The summed E-state index contributed by atoms with van der Waals surface area (Å²) in [6.07, 6.45) is 5.20. The van der Waals surface area contributed by atoms with E-state index in [4.69, 9.17) is 0 Å². The number of anilines is 2. The first kappa shape index (κ1) is 15.3. The van der Waals surface area contributed by atoms with Crippen LogP contribution in [0.1, 0.15) is 18.4 Å². The molecule has 0 aliphatic carbocycles. The summed E-state index contributed by atoms with van der Waals surface area (Å²) in [5.74, 6) is -0.603. The van der Waals surface area contributed by atoms with E-state index in [0.717, 1.165) is 24.5 Å². The molecule has 1 fully saturated rings. The molecule has 1 N–H and O–H groups in total. The fraction of sp³-hybridized carbons (Fsp3) is 0.211. The minimum atomic E-state index is -0.339. The van der Waals surface area contributed by atoms with Crippen LogP contribution in [0.15, 0.2) is 54.6 Å². The number of rotatable bonds is 4. The Labute approximate surface area is 135 Å². The van der Waals surface area contributed by atoms with Crippen LogP contribution in [-0.2, 0) is 4.79 Å². The average Bonchev–Trinajstić information content (AvgIpc) is 3.09. The first-order valence-electron chi connectivity index (χ1n) is 7.81. The fourth-order valence-corrected chi connectivity index (χ4v) is 2.76. The van der Waals surface area contributed by atoms with Crippen molar-refractivity contribution in [3.8, 4) is 0 Å². The largest absolute Gasteiger partial charge is 0.370 e. The van der Waals surface area contributed by atoms with E-state index < -0.39 is 0 Å². The Morgan fingerprint density at radius 3 is 2.52 bits per heavy atom. The highest BCUT2D eigenvalue weighted by Gasteiger charge is 2.15. The Kier molecular flexibility index (Phi) is 4.71. The van der Waals surface area contributed by atoms with Crippen LogP contribution >= 0.6 is 0 Å². The van der Waals surface area contributed by atoms with Gasteiger partial charge in [-0.25, -0.2) is 4.39 Å². The van der Waals surface area contributed by atoms with E-state index in [1.54, 1.807) is 18.2 Å². The molecule has 3 nitrogen and oxygen atoms in total. The topological polar surface area (TPSA) is 32.3 Å². The monoisotopic (exact) mass is 310 g/mol. The number of carbonyl (C=O) groups is 1. The Morgan fingerprint density at radius 2 is 1.74 bits per heavy atom. The van der Waals surface area contributed by atoms with Crippen molar-refractivity contribution in [2.45, 2.75) is 12.8 Å². The average molecular weight is 310 g/mol. The zero-order valence-electron chi connectivity index (χ0n) is 12.8. The Bertz CT molecular complexity index is 721. The standard InChI is InChI=1S/C19H19FN2O/c20-16-8-2-1-7-15(16)11-12-19(23)21-17-9-3-4-10-18(17)22-13-5-6-14-22/h1-4,7-12H,5-6,13-14H2,(H,21,23)/b12-11+. The maximum absolute atomic E-state index is 13.5. The lowest BCUT2D eigenvalue weighted by Gasteiger charge is -2.21. The van der Waals surface area contributed by atoms with Crippen molar-refractivity contribution in [3.05, 3.63) is 66.0 Å². The number of nitrogens with zero attached hydrogens (tertiary/aromatic N) is 1. The Hall–Kier alpha value is -2.62. The van der Waals surface area contributed by atoms with Crippen LogP contribution in [0.3, 0.4) is 0 Å². The van der Waals surface area contributed by atoms with Crippen LogP contribution in [0.4, 0.5) is 15.8 Å². The smallest absolute Gasteiger partial charge is 0.248 e. The highest BCUT2D eigenvalue weighted by atomic mass is 19.1. The molecule has 4 heteroatoms. The molecule has 0 atom stereocenters. The van der Waals surface area contributed by atoms with Gasteiger partial charge >= 0.3 is 0 Å². The summed E-state index contributed by atoms with van der Waals surface area (Å²) in [4.78, 5) is 14.4. The first-order chi connectivity index (χ1) is 11.2. The van der Waals surface area contributed by atoms with Crippen LogP contribution in [0.5, 0.6) is 0 Å². The van der Waals surface area contributed by atoms with Crippen molar-refractivity contribution in [2.24, 2.45) is 0 Å². The van der Waals surface area contributed by atoms with E-state index in [-0.39, 0.29) is 11.7 Å². The van der Waals surface area contributed by atoms with Gasteiger partial charge in [-0.15, -0.1) is 0 Å². The van der Waals surface area contributed by atoms with E-state index in [0.29, 0.717) is 5.56 Å². The number of hydrogen-bond acceptors (Lipinski definition) is 2. The molecule has 118 valence electrons. The fourth-order valence-electron chi connectivity index (χ4n) is 2.76. The lowest BCUT2D eigenvalue weighted by atomic mass is 10.2. The maximum atomic E-state index is 13.5. The van der Waals surface area contributed by atoms with Gasteiger partial charge < -0.3 is 10.2 Å². The maximum Gasteiger partial charge on any atom is 0.248 e. The third-order valence-corrected chi connectivity index (χ3v) is 3.93. The van der Waals surface area contributed by atoms with Crippen molar-refractivity contribution >= 4 is 23.4 Å². The van der Waals surface area contributed by atoms with Crippen LogP contribution in [0, 0.1) is 5.82 Å². The summed E-state index contributed by atoms with van der Waals surface area (Å²) < 4.78 is 13.5. The van der Waals surface area contributed by atoms with Gasteiger partial charge in [0.1, 0.15) is 5.82 Å². The molecule has 3 rings (SSSR count). The van der Waals surface area contributed by atoms with Crippen LogP contribution < -0.4 is 10.2 Å². The molecule has 2 aromatic rings. The van der Waals surface area contributed by atoms with Gasteiger partial charge in [-0.3, -0.25) is 4.79 Å². The van der Waals surface area contributed by atoms with Crippen molar-refractivity contribution < 1.29 is 9.18 Å². The van der Waals surface area contributed by atoms with Crippen LogP contribution in [0.25, 0.3) is 6.08 Å². The first-order valence-corrected chi connectivity index (χ1v) is 7.81. The van der Waals surface area contributed by atoms with Gasteiger partial charge in [-0.1, -0.05) is 30.3 Å². The third-order valence-electron chi connectivity index (χ3n) is 3.93. The second kappa shape index (κ2) is 7.09. The number of nitrogens with one attached hydrogen (secondary N) is 1. The number of hydrogen-bond donors (Lipinski definition) is 1. The summed E-state index contributed by atoms with van der Waals surface area (Å²) >= 11 is 0. The summed E-state index contributed by atoms with van der Waals surface area (Å²) in [5.41, 5.74) is 2.23. The van der Waals surface area contributed by atoms with Crippen molar-refractivity contribution in [3.63, 3.8) is 0 Å². The molecule has 1 aliphatic rings. The van der Waals surface area contributed by atoms with Gasteiger partial charge in [0.05, 0.1) is 11.4 Å². The Morgan fingerprint density at radius 1 is 1.04 bits per heavy atom. The van der Waals surface area contributed by atoms with Gasteiger partial charge in [0.25, 0.3) is 0 Å². The second-order valence-electron chi connectivity index (χ2n) is 5.56. The number of benzene rings is 2. The molecule has 0 radical (unpaired) electrons. The summed E-state index contributed by atoms with van der Waals surface area (Å²) in [6, 6.07) is 14.2. The third kappa shape index (κ3) is 3.77. The van der Waals surface area contributed by atoms with Gasteiger partial charge in [-0.05, 0) is 37.1 Å². The molecule has 0 spiro atoms. The summed E-state index contributed by atoms with van der Waals surface area (Å²) in [6.45, 7) is 2.02. The summed E-state index contributed by atoms with van der Waals surface area (Å²) in [7, 11) is 0. The van der Waals surface area contributed by atoms with Crippen LogP contribution in [-0.4, -0.2) is 19.0 Å². The summed E-state index contributed by atoms with van der Waals surface area (Å²) in [5, 5.41) is 2.89. The van der Waals surface area contributed by atoms with Gasteiger partial charge in [0.15, 0.2) is 0 Å². The van der Waals surface area contributed by atoms with E-state index in [1.165, 1.54) is 31.1 Å². The number of carbonyl (C=O) groups excluding carboxylic acids is 1. The molecular formula is C19H19FN2O. The lowest BCUT2D eigenvalue weighted by Crippen LogP contribution is -2.20. The number of halogens is 1. The van der Waals surface area contributed by atoms with E-state index in [9.17, 15) is 9.18 Å².